The van der Waals surface area contributed by atoms with E-state index in [2.05, 4.69) is 9.80 Å². The second-order valence-corrected chi connectivity index (χ2v) is 6.49. The molecule has 2 fully saturated rings. The molecule has 0 aromatic carbocycles. The largest absolute Gasteiger partial charge is 0.378 e. The average Bonchev–Trinajstić information content (AvgIpc) is 2.63. The second-order valence-electron chi connectivity index (χ2n) is 6.49. The van der Waals surface area contributed by atoms with Crippen LogP contribution in [-0.2, 0) is 14.3 Å². The normalized spacial score (nSPS) is 21.5. The molecule has 0 spiro atoms. The van der Waals surface area contributed by atoms with Gasteiger partial charge in [-0.15, -0.1) is 0 Å². The predicted octanol–water partition coefficient (Wildman–Crippen LogP) is -0.280. The fraction of sp³-hybridized carbons (Fsp3) is 0.882. The number of likely N-dealkylation sites (N-methyl/N-ethyl adjacent to an activating group) is 1. The molecule has 2 amide bonds. The van der Waals surface area contributed by atoms with Crippen LogP contribution in [0, 0.1) is 0 Å². The van der Waals surface area contributed by atoms with Crippen molar-refractivity contribution in [1.82, 2.24) is 19.6 Å². The van der Waals surface area contributed by atoms with Crippen molar-refractivity contribution in [2.45, 2.75) is 26.8 Å². The molecule has 2 rings (SSSR count). The first-order chi connectivity index (χ1) is 11.6. The number of piperazine rings is 1. The quantitative estimate of drug-likeness (QED) is 0.666. The fourth-order valence-corrected chi connectivity index (χ4v) is 3.38. The highest BCUT2D eigenvalue weighted by Gasteiger charge is 2.30. The molecule has 7 nitrogen and oxygen atoms in total. The van der Waals surface area contributed by atoms with E-state index in [0.29, 0.717) is 32.8 Å². The number of amides is 2. The Morgan fingerprint density at radius 2 is 1.58 bits per heavy atom. The molecule has 2 heterocycles. The van der Waals surface area contributed by atoms with Crippen molar-refractivity contribution >= 4 is 11.8 Å². The van der Waals surface area contributed by atoms with Crippen LogP contribution in [-0.4, -0.2) is 110 Å². The van der Waals surface area contributed by atoms with Gasteiger partial charge in [-0.25, -0.2) is 0 Å². The number of hydrogen-bond donors (Lipinski definition) is 0. The first-order valence-corrected chi connectivity index (χ1v) is 9.17. The highest BCUT2D eigenvalue weighted by molar-refractivity contribution is 5.81. The maximum Gasteiger partial charge on any atom is 0.239 e. The molecule has 0 aromatic heterocycles. The minimum atomic E-state index is -0.0938. The molecule has 0 saturated carbocycles. The van der Waals surface area contributed by atoms with E-state index in [1.807, 2.05) is 30.6 Å². The fourth-order valence-electron chi connectivity index (χ4n) is 3.38. The van der Waals surface area contributed by atoms with E-state index in [1.54, 1.807) is 0 Å². The smallest absolute Gasteiger partial charge is 0.239 e. The number of morpholine rings is 1. The lowest BCUT2D eigenvalue weighted by molar-refractivity contribution is -0.142. The van der Waals surface area contributed by atoms with Crippen molar-refractivity contribution in [1.29, 1.82) is 0 Å². The van der Waals surface area contributed by atoms with Crippen LogP contribution in [0.2, 0.25) is 0 Å². The van der Waals surface area contributed by atoms with Gasteiger partial charge in [0, 0.05) is 52.4 Å². The number of carbonyl (C=O) groups is 2. The van der Waals surface area contributed by atoms with Gasteiger partial charge in [0.1, 0.15) is 0 Å². The van der Waals surface area contributed by atoms with E-state index in [4.69, 9.17) is 4.74 Å². The van der Waals surface area contributed by atoms with Crippen LogP contribution in [0.1, 0.15) is 20.8 Å². The van der Waals surface area contributed by atoms with Crippen LogP contribution in [0.3, 0.4) is 0 Å². The summed E-state index contributed by atoms with van der Waals surface area (Å²) in [5.74, 6) is 0.400. The summed E-state index contributed by atoms with van der Waals surface area (Å²) in [6.45, 7) is 14.1. The minimum Gasteiger partial charge on any atom is -0.378 e. The Balaban J connectivity index is 1.77. The van der Waals surface area contributed by atoms with Gasteiger partial charge in [0.25, 0.3) is 0 Å². The van der Waals surface area contributed by atoms with Gasteiger partial charge in [0.15, 0.2) is 0 Å². The summed E-state index contributed by atoms with van der Waals surface area (Å²) in [6, 6.07) is -0.0938. The lowest BCUT2D eigenvalue weighted by Crippen LogP contribution is -2.56. The zero-order chi connectivity index (χ0) is 17.5. The Bertz CT molecular complexity index is 414. The van der Waals surface area contributed by atoms with Crippen LogP contribution in [0.15, 0.2) is 0 Å². The zero-order valence-corrected chi connectivity index (χ0v) is 15.4. The maximum absolute atomic E-state index is 12.6. The molecule has 0 N–H and O–H groups in total. The Morgan fingerprint density at radius 1 is 1.00 bits per heavy atom. The van der Waals surface area contributed by atoms with Crippen LogP contribution in [0.4, 0.5) is 0 Å². The monoisotopic (exact) mass is 340 g/mol. The second kappa shape index (κ2) is 9.34. The van der Waals surface area contributed by atoms with Gasteiger partial charge >= 0.3 is 0 Å². The summed E-state index contributed by atoms with van der Waals surface area (Å²) in [6.07, 6.45) is 0. The summed E-state index contributed by atoms with van der Waals surface area (Å²) in [4.78, 5) is 33.0. The van der Waals surface area contributed by atoms with Gasteiger partial charge in [0.2, 0.25) is 11.8 Å². The molecule has 2 aliphatic rings. The van der Waals surface area contributed by atoms with Gasteiger partial charge in [0.05, 0.1) is 25.8 Å². The Morgan fingerprint density at radius 3 is 2.12 bits per heavy atom. The first-order valence-electron chi connectivity index (χ1n) is 9.17. The molecule has 0 aliphatic carbocycles. The third-order valence-electron chi connectivity index (χ3n) is 5.11. The van der Waals surface area contributed by atoms with E-state index in [1.165, 1.54) is 0 Å². The van der Waals surface area contributed by atoms with Gasteiger partial charge in [-0.1, -0.05) is 0 Å². The van der Waals surface area contributed by atoms with Crippen molar-refractivity contribution in [3.63, 3.8) is 0 Å². The highest BCUT2D eigenvalue weighted by atomic mass is 16.5. The molecular formula is C17H32N4O3. The van der Waals surface area contributed by atoms with Crippen molar-refractivity contribution < 1.29 is 14.3 Å². The third kappa shape index (κ3) is 4.91. The summed E-state index contributed by atoms with van der Waals surface area (Å²) in [5.41, 5.74) is 0. The van der Waals surface area contributed by atoms with E-state index >= 15 is 0 Å². The molecule has 138 valence electrons. The summed E-state index contributed by atoms with van der Waals surface area (Å²) in [5, 5.41) is 0. The average molecular weight is 340 g/mol. The molecule has 0 bridgehead atoms. The van der Waals surface area contributed by atoms with Crippen molar-refractivity contribution in [3.8, 4) is 0 Å². The van der Waals surface area contributed by atoms with Crippen LogP contribution in [0.5, 0.6) is 0 Å². The number of ether oxygens (including phenoxy) is 1. The van der Waals surface area contributed by atoms with E-state index < -0.39 is 0 Å². The van der Waals surface area contributed by atoms with E-state index in [9.17, 15) is 9.59 Å². The summed E-state index contributed by atoms with van der Waals surface area (Å²) in [7, 11) is 0. The molecule has 1 atom stereocenters. The van der Waals surface area contributed by atoms with Crippen molar-refractivity contribution in [3.05, 3.63) is 0 Å². The summed E-state index contributed by atoms with van der Waals surface area (Å²) < 4.78 is 5.31. The van der Waals surface area contributed by atoms with Gasteiger partial charge < -0.3 is 14.5 Å². The molecule has 1 unspecified atom stereocenters. The topological polar surface area (TPSA) is 56.3 Å². The lowest BCUT2D eigenvalue weighted by Gasteiger charge is -2.39. The summed E-state index contributed by atoms with van der Waals surface area (Å²) >= 11 is 0. The Kier molecular flexibility index (Phi) is 7.45. The van der Waals surface area contributed by atoms with Gasteiger partial charge in [-0.05, 0) is 20.8 Å². The molecule has 2 saturated heterocycles. The Labute approximate surface area is 145 Å². The van der Waals surface area contributed by atoms with E-state index in [0.717, 1.165) is 39.3 Å². The van der Waals surface area contributed by atoms with Crippen LogP contribution >= 0.6 is 0 Å². The minimum absolute atomic E-state index is 0.0938. The number of rotatable bonds is 6. The lowest BCUT2D eigenvalue weighted by atomic mass is 10.2. The van der Waals surface area contributed by atoms with Gasteiger partial charge in [-0.2, -0.15) is 0 Å². The van der Waals surface area contributed by atoms with Crippen molar-refractivity contribution in [2.75, 3.05) is 72.1 Å². The molecule has 0 aromatic rings. The molecule has 7 heteroatoms. The van der Waals surface area contributed by atoms with Crippen molar-refractivity contribution in [2.24, 2.45) is 0 Å². The van der Waals surface area contributed by atoms with Crippen LogP contribution < -0.4 is 0 Å². The van der Waals surface area contributed by atoms with E-state index in [-0.39, 0.29) is 17.9 Å². The van der Waals surface area contributed by atoms with Crippen LogP contribution in [0.25, 0.3) is 0 Å². The highest BCUT2D eigenvalue weighted by Crippen LogP contribution is 2.10. The van der Waals surface area contributed by atoms with Gasteiger partial charge in [-0.3, -0.25) is 19.4 Å². The number of carbonyl (C=O) groups excluding carboxylic acids is 2. The third-order valence-corrected chi connectivity index (χ3v) is 5.11. The SMILES string of the molecule is CCN(CC)C(=O)CN1CCN(C(C)C(=O)N2CCOCC2)CC1. The number of nitrogens with zero attached hydrogens (tertiary/aromatic N) is 4. The predicted molar refractivity (Wildman–Crippen MR) is 92.8 cm³/mol. The molecule has 24 heavy (non-hydrogen) atoms. The zero-order valence-electron chi connectivity index (χ0n) is 15.4. The molecule has 0 radical (unpaired) electrons. The maximum atomic E-state index is 12.6. The first kappa shape index (κ1) is 19.1. The molecule has 2 aliphatic heterocycles. The Hall–Kier alpha value is -1.18. The molecular weight excluding hydrogens is 308 g/mol. The standard InChI is InChI=1S/C17H32N4O3/c1-4-19(5-2)16(22)14-18-6-8-20(9-7-18)15(3)17(23)21-10-12-24-13-11-21/h15H,4-14H2,1-3H3. The number of hydrogen-bond acceptors (Lipinski definition) is 5.